The summed E-state index contributed by atoms with van der Waals surface area (Å²) in [4.78, 5) is 50.7. The molecule has 4 aliphatic heterocycles. The standard InChI is InChI=1S/C29H39NO5.C2HF3O2/c1-16-9-20-19(21(31)10-16)11-22(32)24-25(20,3)15-29-27(5,26(24,4)13-23(33)35-29)6-7-28-12-17(2)8-18(34-28)14-30(28)29;3-2(4,5)1(6)7/h10,17-20,24H,6-9,11-15H2,1-5H3;(H,6,7)/t17-,18+,19-,20+,24-,25-,26-,27-,28-,29+;/m0./s1. The predicted octanol–water partition coefficient (Wildman–Crippen LogP) is 2.30. The van der Waals surface area contributed by atoms with E-state index in [1.54, 1.807) is 6.08 Å². The van der Waals surface area contributed by atoms with E-state index in [4.69, 9.17) is 19.4 Å². The van der Waals surface area contributed by atoms with Crippen molar-refractivity contribution in [2.45, 2.75) is 110 Å². The number of hydrogen-bond donors (Lipinski definition) is 1. The van der Waals surface area contributed by atoms with Gasteiger partial charge in [-0.25, -0.2) is 0 Å². The lowest BCUT2D eigenvalue weighted by Gasteiger charge is -2.74. The number of quaternary nitrogens is 1. The second-order valence-corrected chi connectivity index (χ2v) is 15.1. The number of nitrogens with one attached hydrogen (secondary N) is 1. The summed E-state index contributed by atoms with van der Waals surface area (Å²) in [6.45, 7) is 12.1. The van der Waals surface area contributed by atoms with Gasteiger partial charge in [0.1, 0.15) is 24.4 Å². The zero-order valence-electron chi connectivity index (χ0n) is 24.8. The fourth-order valence-corrected chi connectivity index (χ4v) is 11.3. The molecule has 4 bridgehead atoms. The quantitative estimate of drug-likeness (QED) is 0.428. The zero-order chi connectivity index (χ0) is 30.8. The molecule has 0 aromatic rings. The van der Waals surface area contributed by atoms with Crippen LogP contribution in [0.4, 0.5) is 13.2 Å². The highest BCUT2D eigenvalue weighted by molar-refractivity contribution is 5.98. The minimum atomic E-state index is -5.19. The number of esters is 1. The van der Waals surface area contributed by atoms with E-state index in [1.165, 1.54) is 4.90 Å². The Morgan fingerprint density at radius 1 is 1.12 bits per heavy atom. The van der Waals surface area contributed by atoms with E-state index >= 15 is 0 Å². The molecule has 8 nitrogen and oxygen atoms in total. The highest BCUT2D eigenvalue weighted by atomic mass is 19.4. The Morgan fingerprint density at radius 2 is 1.79 bits per heavy atom. The Bertz CT molecular complexity index is 1300. The molecule has 4 heterocycles. The highest BCUT2D eigenvalue weighted by Gasteiger charge is 2.85. The van der Waals surface area contributed by atoms with Gasteiger partial charge in [0.15, 0.2) is 5.78 Å². The number of allylic oxidation sites excluding steroid dienone is 2. The van der Waals surface area contributed by atoms with Gasteiger partial charge < -0.3 is 19.4 Å². The molecule has 6 fully saturated rings. The van der Waals surface area contributed by atoms with Crippen LogP contribution in [0.15, 0.2) is 11.6 Å². The first kappa shape index (κ1) is 29.8. The van der Waals surface area contributed by atoms with E-state index in [-0.39, 0.29) is 52.5 Å². The summed E-state index contributed by atoms with van der Waals surface area (Å²) in [5.41, 5.74) is -1.11. The Kier molecular flexibility index (Phi) is 6.31. The molecule has 232 valence electrons. The number of aliphatic carboxylic acids is 1. The Hall–Kier alpha value is -2.27. The third-order valence-corrected chi connectivity index (χ3v) is 12.7. The van der Waals surface area contributed by atoms with Crippen molar-refractivity contribution in [1.29, 1.82) is 0 Å². The van der Waals surface area contributed by atoms with Gasteiger partial charge in [-0.2, -0.15) is 13.2 Å². The fourth-order valence-electron chi connectivity index (χ4n) is 11.3. The van der Waals surface area contributed by atoms with Crippen molar-refractivity contribution in [3.8, 4) is 0 Å². The van der Waals surface area contributed by atoms with Gasteiger partial charge in [-0.3, -0.25) is 19.3 Å². The average Bonchev–Trinajstić information content (AvgIpc) is 3.12. The van der Waals surface area contributed by atoms with Gasteiger partial charge in [0, 0.05) is 42.9 Å². The van der Waals surface area contributed by atoms with Crippen molar-refractivity contribution < 1.29 is 51.8 Å². The maximum atomic E-state index is 14.0. The number of ether oxygens (including phenoxy) is 2. The monoisotopic (exact) mass is 595 g/mol. The maximum Gasteiger partial charge on any atom is 0.430 e. The first-order valence-corrected chi connectivity index (χ1v) is 15.1. The molecule has 7 aliphatic rings. The minimum Gasteiger partial charge on any atom is -0.542 e. The molecule has 1 N–H and O–H groups in total. The van der Waals surface area contributed by atoms with Crippen molar-refractivity contribution >= 4 is 23.5 Å². The molecule has 2 saturated carbocycles. The molecule has 0 aromatic heterocycles. The summed E-state index contributed by atoms with van der Waals surface area (Å²) >= 11 is 0. The molecule has 0 aromatic carbocycles. The Labute approximate surface area is 243 Å². The number of carboxylic acid groups (broad SMARTS) is 1. The van der Waals surface area contributed by atoms with Crippen LogP contribution in [0.1, 0.15) is 86.0 Å². The summed E-state index contributed by atoms with van der Waals surface area (Å²) in [6, 6.07) is 0. The van der Waals surface area contributed by atoms with Crippen molar-refractivity contribution in [3.63, 3.8) is 0 Å². The number of carboxylic acids is 1. The van der Waals surface area contributed by atoms with Crippen LogP contribution in [0, 0.1) is 39.9 Å². The number of piperidine rings is 1. The first-order valence-electron chi connectivity index (χ1n) is 15.1. The lowest BCUT2D eigenvalue weighted by molar-refractivity contribution is -1.04. The second kappa shape index (κ2) is 8.89. The third kappa shape index (κ3) is 3.74. The van der Waals surface area contributed by atoms with Gasteiger partial charge in [0.25, 0.3) is 5.72 Å². The first-order chi connectivity index (χ1) is 19.3. The number of carbonyl (C=O) groups is 4. The lowest BCUT2D eigenvalue weighted by atomic mass is 9.34. The molecular weight excluding hydrogens is 555 g/mol. The molecule has 11 atom stereocenters. The number of alkyl halides is 3. The van der Waals surface area contributed by atoms with E-state index < -0.39 is 28.7 Å². The van der Waals surface area contributed by atoms with Gasteiger partial charge in [0.05, 0.1) is 11.8 Å². The molecule has 4 saturated heterocycles. The number of fused-ring (bicyclic) bond motifs is 5. The number of rotatable bonds is 0. The minimum absolute atomic E-state index is 0.111. The van der Waals surface area contributed by atoms with Crippen LogP contribution in [0.3, 0.4) is 0 Å². The number of hydrogen-bond acceptors (Lipinski definition) is 7. The maximum absolute atomic E-state index is 14.0. The summed E-state index contributed by atoms with van der Waals surface area (Å²) < 4.78 is 45.0. The zero-order valence-corrected chi connectivity index (χ0v) is 24.8. The van der Waals surface area contributed by atoms with E-state index in [1.807, 2.05) is 0 Å². The van der Waals surface area contributed by atoms with Crippen LogP contribution >= 0.6 is 0 Å². The van der Waals surface area contributed by atoms with Crippen LogP contribution in [0.5, 0.6) is 0 Å². The summed E-state index contributed by atoms with van der Waals surface area (Å²) in [6.07, 6.45) is 2.81. The van der Waals surface area contributed by atoms with Crippen LogP contribution in [-0.2, 0) is 28.7 Å². The number of Topliss-reactive ketones (excluding diaryl/α,β-unsaturated/α-hetero) is 1. The predicted molar refractivity (Wildman–Crippen MR) is 138 cm³/mol. The van der Waals surface area contributed by atoms with E-state index in [9.17, 15) is 27.6 Å². The van der Waals surface area contributed by atoms with Gasteiger partial charge >= 0.3 is 12.1 Å². The van der Waals surface area contributed by atoms with Crippen molar-refractivity contribution in [2.24, 2.45) is 39.9 Å². The normalized spacial score (nSPS) is 50.6. The average molecular weight is 596 g/mol. The summed E-state index contributed by atoms with van der Waals surface area (Å²) in [5.74, 6) is -2.61. The lowest BCUT2D eigenvalue weighted by Crippen LogP contribution is -3.29. The fraction of sp³-hybridized carbons (Fsp3) is 0.806. The number of halogens is 3. The van der Waals surface area contributed by atoms with Crippen LogP contribution in [0.25, 0.3) is 0 Å². The molecule has 1 spiro atoms. The van der Waals surface area contributed by atoms with Crippen LogP contribution in [0.2, 0.25) is 0 Å². The van der Waals surface area contributed by atoms with E-state index in [2.05, 4.69) is 34.6 Å². The second-order valence-electron chi connectivity index (χ2n) is 15.1. The Morgan fingerprint density at radius 3 is 2.43 bits per heavy atom. The number of carbonyl (C=O) groups excluding carboxylic acids is 4. The molecule has 7 rings (SSSR count). The van der Waals surface area contributed by atoms with Gasteiger partial charge in [-0.05, 0) is 56.4 Å². The van der Waals surface area contributed by atoms with Gasteiger partial charge in [0.2, 0.25) is 5.72 Å². The van der Waals surface area contributed by atoms with E-state index in [0.29, 0.717) is 25.2 Å². The van der Waals surface area contributed by atoms with Gasteiger partial charge in [-0.1, -0.05) is 26.3 Å². The van der Waals surface area contributed by atoms with Gasteiger partial charge in [-0.15, -0.1) is 0 Å². The molecule has 42 heavy (non-hydrogen) atoms. The van der Waals surface area contributed by atoms with Crippen molar-refractivity contribution in [1.82, 2.24) is 0 Å². The van der Waals surface area contributed by atoms with Crippen molar-refractivity contribution in [2.75, 3.05) is 6.54 Å². The van der Waals surface area contributed by atoms with Crippen molar-refractivity contribution in [3.05, 3.63) is 11.6 Å². The summed E-state index contributed by atoms with van der Waals surface area (Å²) in [5, 5.41) is 8.78. The summed E-state index contributed by atoms with van der Waals surface area (Å²) in [7, 11) is 0. The molecule has 3 aliphatic carbocycles. The molecule has 0 amide bonds. The molecule has 0 radical (unpaired) electrons. The smallest absolute Gasteiger partial charge is 0.430 e. The van der Waals surface area contributed by atoms with E-state index in [0.717, 1.165) is 44.2 Å². The SMILES string of the molecule is CC1=CC(=O)[C@H]2CC(=O)[C@H]3[C@@](C)(C[C@@]45OC(=O)C[C@]3(C)[C@]4(C)CC[C@]34C[C@@H](C)C[C@H](C[NH+]35)O4)[C@@H]2C1.O=C([O-])C(F)(F)F. The Balaban J connectivity index is 0.000000405. The molecule has 1 unspecified atom stereocenters. The van der Waals surface area contributed by atoms with Crippen LogP contribution in [-0.4, -0.2) is 53.8 Å². The molecular formula is C31H40F3NO7. The number of ketones is 2. The molecule has 11 heteroatoms. The highest BCUT2D eigenvalue weighted by Crippen LogP contribution is 2.74. The topological polar surface area (TPSA) is 114 Å². The largest absolute Gasteiger partial charge is 0.542 e. The van der Waals surface area contributed by atoms with Crippen LogP contribution < -0.4 is 10.0 Å². The third-order valence-electron chi connectivity index (χ3n) is 12.7.